The summed E-state index contributed by atoms with van der Waals surface area (Å²) in [4.78, 5) is 9.05. The number of halogens is 1. The van der Waals surface area contributed by atoms with Crippen molar-refractivity contribution in [3.05, 3.63) is 24.2 Å². The minimum atomic E-state index is -0.114. The summed E-state index contributed by atoms with van der Waals surface area (Å²) in [7, 11) is 0. The normalized spacial score (nSPS) is 21.2. The van der Waals surface area contributed by atoms with Crippen molar-refractivity contribution >= 4 is 22.8 Å². The van der Waals surface area contributed by atoms with Crippen LogP contribution in [0.4, 0.5) is 0 Å². The van der Waals surface area contributed by atoms with Crippen molar-refractivity contribution in [2.45, 2.75) is 50.6 Å². The Bertz CT molecular complexity index is 576. The first-order chi connectivity index (χ1) is 9.75. The van der Waals surface area contributed by atoms with E-state index >= 15 is 0 Å². The Balaban J connectivity index is 1.83. The molecule has 5 heteroatoms. The van der Waals surface area contributed by atoms with Gasteiger partial charge in [-0.15, -0.1) is 11.6 Å². The van der Waals surface area contributed by atoms with Gasteiger partial charge in [0.15, 0.2) is 5.65 Å². The first-order valence-corrected chi connectivity index (χ1v) is 7.76. The molecular weight excluding hydrogens is 274 g/mol. The van der Waals surface area contributed by atoms with Crippen molar-refractivity contribution in [2.24, 2.45) is 0 Å². The van der Waals surface area contributed by atoms with Crippen LogP contribution in [0.15, 0.2) is 18.3 Å². The predicted molar refractivity (Wildman–Crippen MR) is 80.0 cm³/mol. The van der Waals surface area contributed by atoms with E-state index in [1.165, 1.54) is 12.8 Å². The summed E-state index contributed by atoms with van der Waals surface area (Å²) in [5.74, 6) is 0.899. The van der Waals surface area contributed by atoms with Crippen molar-refractivity contribution in [2.75, 3.05) is 6.61 Å². The number of aromatic nitrogens is 3. The minimum absolute atomic E-state index is 0.114. The third-order valence-corrected chi connectivity index (χ3v) is 4.03. The highest BCUT2D eigenvalue weighted by atomic mass is 35.5. The van der Waals surface area contributed by atoms with Gasteiger partial charge in [0.25, 0.3) is 0 Å². The molecule has 4 nitrogen and oxygen atoms in total. The Labute approximate surface area is 124 Å². The van der Waals surface area contributed by atoms with E-state index < -0.39 is 0 Å². The van der Waals surface area contributed by atoms with Crippen LogP contribution < -0.4 is 0 Å². The molecule has 0 amide bonds. The molecule has 2 unspecified atom stereocenters. The summed E-state index contributed by atoms with van der Waals surface area (Å²) in [6.07, 6.45) is 6.79. The van der Waals surface area contributed by atoms with Crippen molar-refractivity contribution < 1.29 is 4.74 Å². The maximum Gasteiger partial charge on any atom is 0.160 e. The number of ether oxygens (including phenoxy) is 1. The predicted octanol–water partition coefficient (Wildman–Crippen LogP) is 3.69. The topological polar surface area (TPSA) is 39.9 Å². The number of alkyl halides is 1. The smallest absolute Gasteiger partial charge is 0.160 e. The van der Waals surface area contributed by atoms with Crippen LogP contribution in [0, 0.1) is 0 Å². The second kappa shape index (κ2) is 6.10. The van der Waals surface area contributed by atoms with Crippen LogP contribution in [-0.4, -0.2) is 27.2 Å². The van der Waals surface area contributed by atoms with Crippen LogP contribution in [0.5, 0.6) is 0 Å². The maximum absolute atomic E-state index is 6.26. The van der Waals surface area contributed by atoms with Gasteiger partial charge in [-0.1, -0.05) is 0 Å². The lowest BCUT2D eigenvalue weighted by Crippen LogP contribution is -2.21. The van der Waals surface area contributed by atoms with Crippen LogP contribution in [0.3, 0.4) is 0 Å². The molecule has 2 aromatic heterocycles. The fourth-order valence-corrected chi connectivity index (χ4v) is 2.97. The number of fused-ring (bicyclic) bond motifs is 1. The van der Waals surface area contributed by atoms with Gasteiger partial charge in [-0.05, 0) is 44.7 Å². The van der Waals surface area contributed by atoms with Crippen LogP contribution >= 0.6 is 11.6 Å². The van der Waals surface area contributed by atoms with Gasteiger partial charge in [-0.2, -0.15) is 0 Å². The Morgan fingerprint density at radius 2 is 2.40 bits per heavy atom. The van der Waals surface area contributed by atoms with Crippen LogP contribution in [0.1, 0.15) is 43.8 Å². The number of imidazole rings is 1. The molecular formula is C15H20ClN3O. The van der Waals surface area contributed by atoms with E-state index in [0.717, 1.165) is 43.0 Å². The largest absolute Gasteiger partial charge is 0.378 e. The van der Waals surface area contributed by atoms with E-state index in [9.17, 15) is 0 Å². The van der Waals surface area contributed by atoms with Crippen LogP contribution in [-0.2, 0) is 11.3 Å². The third-order valence-electron chi connectivity index (χ3n) is 3.84. The fourth-order valence-electron chi connectivity index (χ4n) is 2.81. The zero-order valence-electron chi connectivity index (χ0n) is 11.8. The highest BCUT2D eigenvalue weighted by molar-refractivity contribution is 6.20. The summed E-state index contributed by atoms with van der Waals surface area (Å²) in [6.45, 7) is 3.72. The molecule has 20 heavy (non-hydrogen) atoms. The van der Waals surface area contributed by atoms with E-state index in [-0.39, 0.29) is 5.38 Å². The molecule has 0 saturated carbocycles. The molecule has 2 aromatic rings. The first kappa shape index (κ1) is 13.8. The lowest BCUT2D eigenvalue weighted by Gasteiger charge is -2.23. The van der Waals surface area contributed by atoms with Gasteiger partial charge in [0, 0.05) is 19.3 Å². The summed E-state index contributed by atoms with van der Waals surface area (Å²) >= 11 is 6.26. The van der Waals surface area contributed by atoms with Gasteiger partial charge >= 0.3 is 0 Å². The molecule has 0 N–H and O–H groups in total. The monoisotopic (exact) mass is 293 g/mol. The van der Waals surface area contributed by atoms with Gasteiger partial charge in [-0.25, -0.2) is 9.97 Å². The average Bonchev–Trinajstić information content (AvgIpc) is 2.85. The Morgan fingerprint density at radius 3 is 3.15 bits per heavy atom. The Hall–Kier alpha value is -1.13. The van der Waals surface area contributed by atoms with Crippen molar-refractivity contribution in [3.8, 4) is 0 Å². The molecule has 1 saturated heterocycles. The fraction of sp³-hybridized carbons (Fsp3) is 0.600. The lowest BCUT2D eigenvalue weighted by molar-refractivity contribution is 0.00884. The van der Waals surface area contributed by atoms with Gasteiger partial charge in [0.05, 0.1) is 11.5 Å². The van der Waals surface area contributed by atoms with Crippen LogP contribution in [0.2, 0.25) is 0 Å². The molecule has 1 fully saturated rings. The van der Waals surface area contributed by atoms with Crippen LogP contribution in [0.25, 0.3) is 11.2 Å². The molecule has 0 bridgehead atoms. The Morgan fingerprint density at radius 1 is 1.50 bits per heavy atom. The molecule has 3 heterocycles. The third kappa shape index (κ3) is 2.81. The molecule has 0 aliphatic carbocycles. The highest BCUT2D eigenvalue weighted by Crippen LogP contribution is 2.25. The molecule has 2 atom stereocenters. The second-order valence-corrected chi connectivity index (χ2v) is 6.02. The SMILES string of the molecule is CC(Cl)c1nc2cccnc2n1CCC1CCCCO1. The van der Waals surface area contributed by atoms with E-state index in [2.05, 4.69) is 14.5 Å². The molecule has 0 spiro atoms. The van der Waals surface area contributed by atoms with Crippen molar-refractivity contribution in [3.63, 3.8) is 0 Å². The van der Waals surface area contributed by atoms with Gasteiger partial charge in [0.1, 0.15) is 11.3 Å². The van der Waals surface area contributed by atoms with Gasteiger partial charge in [-0.3, -0.25) is 0 Å². The minimum Gasteiger partial charge on any atom is -0.378 e. The number of rotatable bonds is 4. The van der Waals surface area contributed by atoms with E-state index in [1.807, 2.05) is 19.1 Å². The molecule has 0 radical (unpaired) electrons. The zero-order chi connectivity index (χ0) is 13.9. The highest BCUT2D eigenvalue weighted by Gasteiger charge is 2.18. The Kier molecular flexibility index (Phi) is 4.22. The number of aryl methyl sites for hydroxylation is 1. The van der Waals surface area contributed by atoms with Gasteiger partial charge in [0.2, 0.25) is 0 Å². The first-order valence-electron chi connectivity index (χ1n) is 7.32. The lowest BCUT2D eigenvalue weighted by atomic mass is 10.1. The number of hydrogen-bond acceptors (Lipinski definition) is 3. The molecule has 1 aliphatic rings. The number of hydrogen-bond donors (Lipinski definition) is 0. The summed E-state index contributed by atoms with van der Waals surface area (Å²) in [6, 6.07) is 3.89. The molecule has 0 aromatic carbocycles. The zero-order valence-corrected chi connectivity index (χ0v) is 12.5. The second-order valence-electron chi connectivity index (χ2n) is 5.36. The maximum atomic E-state index is 6.26. The van der Waals surface area contributed by atoms with Gasteiger partial charge < -0.3 is 9.30 Å². The molecule has 108 valence electrons. The number of pyridine rings is 1. The van der Waals surface area contributed by atoms with Crippen molar-refractivity contribution in [1.82, 2.24) is 14.5 Å². The average molecular weight is 294 g/mol. The summed E-state index contributed by atoms with van der Waals surface area (Å²) < 4.78 is 7.95. The number of nitrogens with zero attached hydrogens (tertiary/aromatic N) is 3. The summed E-state index contributed by atoms with van der Waals surface area (Å²) in [5, 5.41) is -0.114. The molecule has 3 rings (SSSR count). The van der Waals surface area contributed by atoms with Crippen molar-refractivity contribution in [1.29, 1.82) is 0 Å². The van der Waals surface area contributed by atoms with E-state index in [1.54, 1.807) is 6.20 Å². The summed E-state index contributed by atoms with van der Waals surface area (Å²) in [5.41, 5.74) is 1.84. The standard InChI is InChI=1S/C15H20ClN3O/c1-11(16)14-18-13-6-4-8-17-15(13)19(14)9-7-12-5-2-3-10-20-12/h4,6,8,11-12H,2-3,5,7,9-10H2,1H3. The quantitative estimate of drug-likeness (QED) is 0.807. The van der Waals surface area contributed by atoms with E-state index in [4.69, 9.17) is 16.3 Å². The molecule has 1 aliphatic heterocycles. The van der Waals surface area contributed by atoms with E-state index in [0.29, 0.717) is 6.10 Å².